The Balaban J connectivity index is 2.08. The molecule has 1 N–H and O–H groups in total. The van der Waals surface area contributed by atoms with Gasteiger partial charge in [0.05, 0.1) is 0 Å². The van der Waals surface area contributed by atoms with Crippen molar-refractivity contribution in [1.82, 2.24) is 0 Å². The molecule has 0 aliphatic carbocycles. The SMILES string of the molecule is Cc1cccc(NC(=S)C(=C([O-])c2ccccc2Br)[n+]2ccccc2)c1. The molecule has 0 atom stereocenters. The maximum absolute atomic E-state index is 13.2. The van der Waals surface area contributed by atoms with Gasteiger partial charge in [-0.25, -0.2) is 0 Å². The van der Waals surface area contributed by atoms with Crippen LogP contribution in [0.4, 0.5) is 5.69 Å². The molecule has 0 aliphatic rings. The van der Waals surface area contributed by atoms with E-state index in [9.17, 15) is 5.11 Å². The van der Waals surface area contributed by atoms with Gasteiger partial charge >= 0.3 is 0 Å². The number of anilines is 1. The highest BCUT2D eigenvalue weighted by molar-refractivity contribution is 9.10. The Labute approximate surface area is 166 Å². The molecule has 130 valence electrons. The predicted molar refractivity (Wildman–Crippen MR) is 111 cm³/mol. The molecule has 0 spiro atoms. The van der Waals surface area contributed by atoms with Crippen LogP contribution in [0.5, 0.6) is 0 Å². The number of hydrogen-bond donors (Lipinski definition) is 1. The maximum Gasteiger partial charge on any atom is 0.238 e. The van der Waals surface area contributed by atoms with Crippen molar-refractivity contribution >= 4 is 50.3 Å². The number of pyridine rings is 1. The summed E-state index contributed by atoms with van der Waals surface area (Å²) in [4.78, 5) is 0.368. The van der Waals surface area contributed by atoms with Crippen LogP contribution in [0.25, 0.3) is 11.5 Å². The van der Waals surface area contributed by atoms with Crippen molar-refractivity contribution < 1.29 is 9.67 Å². The Hall–Kier alpha value is -2.50. The Morgan fingerprint density at radius 3 is 2.42 bits per heavy atom. The second kappa shape index (κ2) is 8.25. The summed E-state index contributed by atoms with van der Waals surface area (Å²) in [7, 11) is 0. The maximum atomic E-state index is 13.2. The molecule has 3 aromatic rings. The average molecular weight is 425 g/mol. The van der Waals surface area contributed by atoms with Gasteiger partial charge in [-0.1, -0.05) is 64.5 Å². The van der Waals surface area contributed by atoms with Gasteiger partial charge in [-0.05, 0) is 42.0 Å². The first kappa shape index (κ1) is 18.3. The van der Waals surface area contributed by atoms with Gasteiger partial charge in [0.1, 0.15) is 0 Å². The summed E-state index contributed by atoms with van der Waals surface area (Å²) in [5, 5.41) is 16.4. The molecular formula is C21H17BrN2OS. The molecule has 5 heteroatoms. The van der Waals surface area contributed by atoms with Crippen molar-refractivity contribution in [2.75, 3.05) is 5.32 Å². The lowest BCUT2D eigenvalue weighted by Crippen LogP contribution is -2.39. The van der Waals surface area contributed by atoms with Crippen LogP contribution in [-0.4, -0.2) is 4.99 Å². The van der Waals surface area contributed by atoms with Crippen LogP contribution < -0.4 is 15.0 Å². The highest BCUT2D eigenvalue weighted by atomic mass is 79.9. The number of hydrogen-bond acceptors (Lipinski definition) is 2. The number of rotatable bonds is 4. The molecule has 0 fully saturated rings. The molecule has 0 saturated carbocycles. The van der Waals surface area contributed by atoms with Crippen LogP contribution >= 0.6 is 28.1 Å². The number of aryl methyl sites for hydroxylation is 1. The summed E-state index contributed by atoms with van der Waals surface area (Å²) < 4.78 is 2.48. The predicted octanol–water partition coefficient (Wildman–Crippen LogP) is 4.17. The van der Waals surface area contributed by atoms with E-state index in [2.05, 4.69) is 21.2 Å². The summed E-state index contributed by atoms with van der Waals surface area (Å²) in [5.41, 5.74) is 2.93. The normalized spacial score (nSPS) is 11.6. The molecule has 0 saturated heterocycles. The first-order valence-corrected chi connectivity index (χ1v) is 9.27. The molecule has 1 heterocycles. The van der Waals surface area contributed by atoms with Gasteiger partial charge in [0.2, 0.25) is 5.70 Å². The van der Waals surface area contributed by atoms with Gasteiger partial charge in [0, 0.05) is 22.3 Å². The van der Waals surface area contributed by atoms with E-state index in [0.29, 0.717) is 16.2 Å². The monoisotopic (exact) mass is 424 g/mol. The zero-order valence-corrected chi connectivity index (χ0v) is 16.5. The molecule has 2 aromatic carbocycles. The first-order valence-electron chi connectivity index (χ1n) is 8.07. The Morgan fingerprint density at radius 1 is 1.00 bits per heavy atom. The fourth-order valence-corrected chi connectivity index (χ4v) is 3.35. The van der Waals surface area contributed by atoms with Crippen LogP contribution in [0.2, 0.25) is 0 Å². The molecule has 1 aromatic heterocycles. The number of nitrogens with zero attached hydrogens (tertiary/aromatic N) is 1. The van der Waals surface area contributed by atoms with Crippen LogP contribution in [0.15, 0.2) is 83.6 Å². The molecule has 0 radical (unpaired) electrons. The van der Waals surface area contributed by atoms with Crippen molar-refractivity contribution in [3.8, 4) is 0 Å². The zero-order chi connectivity index (χ0) is 18.5. The molecule has 3 nitrogen and oxygen atoms in total. The van der Waals surface area contributed by atoms with E-state index < -0.39 is 0 Å². The minimum absolute atomic E-state index is 0.154. The van der Waals surface area contributed by atoms with Gasteiger partial charge in [-0.2, -0.15) is 4.57 Å². The Morgan fingerprint density at radius 2 is 1.73 bits per heavy atom. The lowest BCUT2D eigenvalue weighted by molar-refractivity contribution is -0.577. The smallest absolute Gasteiger partial charge is 0.238 e. The summed E-state index contributed by atoms with van der Waals surface area (Å²) in [6.07, 6.45) is 3.63. The van der Waals surface area contributed by atoms with E-state index in [1.807, 2.05) is 80.0 Å². The van der Waals surface area contributed by atoms with Crippen LogP contribution in [0.1, 0.15) is 11.1 Å². The highest BCUT2D eigenvalue weighted by Crippen LogP contribution is 2.24. The van der Waals surface area contributed by atoms with Gasteiger partial charge in [0.15, 0.2) is 17.4 Å². The van der Waals surface area contributed by atoms with E-state index >= 15 is 0 Å². The molecule has 0 bridgehead atoms. The second-order valence-electron chi connectivity index (χ2n) is 5.76. The van der Waals surface area contributed by atoms with Crippen molar-refractivity contribution in [3.63, 3.8) is 0 Å². The first-order chi connectivity index (χ1) is 12.6. The standard InChI is InChI=1S/C21H17BrN2OS/c1-15-8-7-9-16(14-15)23-21(26)19(24-12-5-2-6-13-24)20(25)17-10-3-4-11-18(17)22/h2-14H,1H3,(H-,23,25,26). The van der Waals surface area contributed by atoms with E-state index in [1.165, 1.54) is 0 Å². The van der Waals surface area contributed by atoms with Crippen molar-refractivity contribution in [2.45, 2.75) is 6.92 Å². The third-order valence-corrected chi connectivity index (χ3v) is 4.79. The minimum Gasteiger partial charge on any atom is -0.867 e. The van der Waals surface area contributed by atoms with Gasteiger partial charge in [-0.15, -0.1) is 0 Å². The molecule has 3 rings (SSSR count). The summed E-state index contributed by atoms with van der Waals surface area (Å²) in [5.74, 6) is -0.154. The van der Waals surface area contributed by atoms with Crippen LogP contribution in [0.3, 0.4) is 0 Å². The number of thiocarbonyl (C=S) groups is 1. The van der Waals surface area contributed by atoms with E-state index in [4.69, 9.17) is 12.2 Å². The van der Waals surface area contributed by atoms with Gasteiger partial charge in [-0.3, -0.25) is 0 Å². The van der Waals surface area contributed by atoms with Crippen LogP contribution in [0, 0.1) is 6.92 Å². The van der Waals surface area contributed by atoms with E-state index in [0.717, 1.165) is 15.7 Å². The number of benzene rings is 2. The van der Waals surface area contributed by atoms with Crippen molar-refractivity contribution in [3.05, 3.63) is 94.7 Å². The lowest BCUT2D eigenvalue weighted by Gasteiger charge is -2.18. The van der Waals surface area contributed by atoms with Gasteiger partial charge < -0.3 is 10.4 Å². The molecule has 26 heavy (non-hydrogen) atoms. The molecule has 0 unspecified atom stereocenters. The summed E-state index contributed by atoms with van der Waals surface area (Å²) >= 11 is 9.05. The third kappa shape index (κ3) is 4.18. The highest BCUT2D eigenvalue weighted by Gasteiger charge is 2.19. The molecule has 0 amide bonds. The fourth-order valence-electron chi connectivity index (χ4n) is 2.57. The Kier molecular flexibility index (Phi) is 5.81. The quantitative estimate of drug-likeness (QED) is 0.295. The zero-order valence-electron chi connectivity index (χ0n) is 14.1. The average Bonchev–Trinajstić information content (AvgIpc) is 2.63. The largest absolute Gasteiger partial charge is 0.867 e. The molecular weight excluding hydrogens is 408 g/mol. The van der Waals surface area contributed by atoms with E-state index in [1.54, 1.807) is 10.6 Å². The second-order valence-corrected chi connectivity index (χ2v) is 7.03. The topological polar surface area (TPSA) is 39.0 Å². The molecule has 0 aliphatic heterocycles. The number of halogens is 1. The van der Waals surface area contributed by atoms with Crippen molar-refractivity contribution in [1.29, 1.82) is 0 Å². The number of nitrogens with one attached hydrogen (secondary N) is 1. The minimum atomic E-state index is -0.154. The fraction of sp³-hybridized carbons (Fsp3) is 0.0476. The lowest BCUT2D eigenvalue weighted by atomic mass is 10.1. The number of aromatic nitrogens is 1. The van der Waals surface area contributed by atoms with Crippen LogP contribution in [-0.2, 0) is 0 Å². The van der Waals surface area contributed by atoms with Gasteiger partial charge in [0.25, 0.3) is 0 Å². The van der Waals surface area contributed by atoms with Crippen molar-refractivity contribution in [2.24, 2.45) is 0 Å². The third-order valence-electron chi connectivity index (χ3n) is 3.80. The Bertz CT molecular complexity index is 971. The summed E-state index contributed by atoms with van der Waals surface area (Å²) in [6, 6.07) is 20.8. The summed E-state index contributed by atoms with van der Waals surface area (Å²) in [6.45, 7) is 2.01. The van der Waals surface area contributed by atoms with E-state index in [-0.39, 0.29) is 5.76 Å².